The topological polar surface area (TPSA) is 164 Å². The number of fused-ring (bicyclic) bond motifs is 4. The lowest BCUT2D eigenvalue weighted by Gasteiger charge is -2.38. The zero-order valence-electron chi connectivity index (χ0n) is 39.3. The summed E-state index contributed by atoms with van der Waals surface area (Å²) in [5.74, 6) is 1.12. The van der Waals surface area contributed by atoms with Crippen LogP contribution in [0.15, 0.2) is 95.0 Å². The number of carboxylic acids is 1. The van der Waals surface area contributed by atoms with E-state index in [2.05, 4.69) is 48.1 Å². The normalized spacial score (nSPS) is 20.3. The average Bonchev–Trinajstić information content (AvgIpc) is 3.93. The number of aryl methyl sites for hydroxylation is 2. The van der Waals surface area contributed by atoms with Crippen molar-refractivity contribution in [2.24, 2.45) is 11.8 Å². The Balaban J connectivity index is 0.000000159. The van der Waals surface area contributed by atoms with Crippen LogP contribution in [0.2, 0.25) is 0 Å². The highest BCUT2D eigenvalue weighted by atomic mass is 16.5. The van der Waals surface area contributed by atoms with Crippen molar-refractivity contribution in [1.29, 1.82) is 0 Å². The van der Waals surface area contributed by atoms with Crippen molar-refractivity contribution in [2.45, 2.75) is 111 Å². The second kappa shape index (κ2) is 20.6. The lowest BCUT2D eigenvalue weighted by molar-refractivity contribution is -0.0250. The van der Waals surface area contributed by atoms with Crippen LogP contribution in [0, 0.1) is 11.8 Å². The number of aromatic nitrogens is 4. The van der Waals surface area contributed by atoms with Gasteiger partial charge < -0.3 is 38.1 Å². The molecule has 67 heavy (non-hydrogen) atoms. The number of pyridine rings is 4. The summed E-state index contributed by atoms with van der Waals surface area (Å²) in [6.45, 7) is 16.2. The minimum Gasteiger partial charge on any atom is -0.488 e. The summed E-state index contributed by atoms with van der Waals surface area (Å²) in [7, 11) is 0. The van der Waals surface area contributed by atoms with Crippen LogP contribution in [0.3, 0.4) is 0 Å². The summed E-state index contributed by atoms with van der Waals surface area (Å²) in [6.07, 6.45) is 10.9. The fourth-order valence-electron chi connectivity index (χ4n) is 9.85. The molecule has 6 aromatic rings. The van der Waals surface area contributed by atoms with Crippen LogP contribution in [-0.4, -0.2) is 91.7 Å². The molecular formula is C53H61N5O9. The molecule has 6 heterocycles. The van der Waals surface area contributed by atoms with Crippen LogP contribution in [0.4, 0.5) is 0 Å². The maximum atomic E-state index is 13.5. The van der Waals surface area contributed by atoms with Gasteiger partial charge >= 0.3 is 5.97 Å². The minimum absolute atomic E-state index is 0.00918. The molecule has 2 saturated heterocycles. The Kier molecular flexibility index (Phi) is 14.5. The first-order chi connectivity index (χ1) is 32.3. The molecule has 2 fully saturated rings. The van der Waals surface area contributed by atoms with Gasteiger partial charge in [0.1, 0.15) is 46.1 Å². The van der Waals surface area contributed by atoms with Gasteiger partial charge in [0, 0.05) is 64.4 Å². The van der Waals surface area contributed by atoms with E-state index in [4.69, 9.17) is 18.9 Å². The molecule has 14 nitrogen and oxygen atoms in total. The molecule has 2 aromatic carbocycles. The zero-order valence-corrected chi connectivity index (χ0v) is 39.3. The number of hydrogen-bond acceptors (Lipinski definition) is 10. The molecule has 14 heteroatoms. The third-order valence-electron chi connectivity index (χ3n) is 13.1. The third-order valence-corrected chi connectivity index (χ3v) is 13.1. The van der Waals surface area contributed by atoms with E-state index in [1.807, 2.05) is 56.5 Å². The molecule has 4 aromatic heterocycles. The van der Waals surface area contributed by atoms with Gasteiger partial charge in [-0.25, -0.2) is 14.8 Å². The molecule has 4 aliphatic rings. The maximum Gasteiger partial charge on any atom is 0.341 e. The van der Waals surface area contributed by atoms with E-state index in [1.54, 1.807) is 40.2 Å². The number of carboxylic acid groups (broad SMARTS) is 1. The van der Waals surface area contributed by atoms with Crippen molar-refractivity contribution < 1.29 is 33.6 Å². The monoisotopic (exact) mass is 911 g/mol. The van der Waals surface area contributed by atoms with Crippen LogP contribution >= 0.6 is 0 Å². The number of carbonyl (C=O) groups excluding carboxylic acids is 1. The van der Waals surface area contributed by atoms with Crippen molar-refractivity contribution >= 4 is 33.9 Å². The summed E-state index contributed by atoms with van der Waals surface area (Å²) in [6, 6.07) is 19.7. The Labute approximate surface area is 390 Å². The Morgan fingerprint density at radius 2 is 1.04 bits per heavy atom. The predicted molar refractivity (Wildman–Crippen MR) is 257 cm³/mol. The van der Waals surface area contributed by atoms with Gasteiger partial charge in [0.15, 0.2) is 0 Å². The number of hydrogen-bond donors (Lipinski definition) is 1. The largest absolute Gasteiger partial charge is 0.488 e. The van der Waals surface area contributed by atoms with Gasteiger partial charge in [0.25, 0.3) is 5.91 Å². The summed E-state index contributed by atoms with van der Waals surface area (Å²) >= 11 is 0. The molecule has 0 bridgehead atoms. The Morgan fingerprint density at radius 3 is 1.43 bits per heavy atom. The molecule has 0 spiro atoms. The van der Waals surface area contributed by atoms with Crippen molar-refractivity contribution in [2.75, 3.05) is 26.4 Å². The first-order valence-electron chi connectivity index (χ1n) is 23.6. The van der Waals surface area contributed by atoms with Gasteiger partial charge in [0.05, 0.1) is 48.5 Å². The fourth-order valence-corrected chi connectivity index (χ4v) is 9.85. The van der Waals surface area contributed by atoms with Crippen LogP contribution in [0.1, 0.15) is 90.9 Å². The molecule has 1 amide bonds. The Hall–Kier alpha value is -6.38. The van der Waals surface area contributed by atoms with Crippen molar-refractivity contribution in [3.8, 4) is 11.5 Å². The summed E-state index contributed by atoms with van der Waals surface area (Å²) < 4.78 is 26.6. The predicted octanol–water partition coefficient (Wildman–Crippen LogP) is 7.55. The summed E-state index contributed by atoms with van der Waals surface area (Å²) in [5.41, 5.74) is 5.22. The van der Waals surface area contributed by atoms with Gasteiger partial charge in [0.2, 0.25) is 10.9 Å². The van der Waals surface area contributed by atoms with Gasteiger partial charge in [-0.1, -0.05) is 62.4 Å². The van der Waals surface area contributed by atoms with Gasteiger partial charge in [-0.15, -0.1) is 0 Å². The SMILES string of the molecule is CCn1cc(C(=O)N2[C@H](C)COC[C@@H]2C)c(=O)c2cc(OC3Cc4ccccc4C3)cnc21.CCn1cc(C(=O)O)c(=O)c2cc(OC3Cc4ccccc4C3)cnc21.C[C@@H]1COC[C@H](C)C1. The van der Waals surface area contributed by atoms with Crippen molar-refractivity contribution in [3.05, 3.63) is 139 Å². The van der Waals surface area contributed by atoms with E-state index in [1.165, 1.54) is 34.9 Å². The first kappa shape index (κ1) is 47.1. The molecule has 10 rings (SSSR count). The van der Waals surface area contributed by atoms with Gasteiger partial charge in [-0.3, -0.25) is 14.4 Å². The number of carbonyl (C=O) groups is 2. The molecule has 2 aliphatic heterocycles. The highest BCUT2D eigenvalue weighted by Gasteiger charge is 2.33. The Bertz CT molecular complexity index is 2830. The lowest BCUT2D eigenvalue weighted by atomic mass is 9.96. The summed E-state index contributed by atoms with van der Waals surface area (Å²) in [5, 5.41) is 9.95. The fraction of sp³-hybridized carbons (Fsp3) is 0.434. The number of aromatic carboxylic acids is 1. The molecule has 0 radical (unpaired) electrons. The minimum atomic E-state index is -1.24. The average molecular weight is 912 g/mol. The van der Waals surface area contributed by atoms with E-state index in [0.29, 0.717) is 54.5 Å². The number of rotatable bonds is 8. The first-order valence-corrected chi connectivity index (χ1v) is 23.6. The molecule has 4 atom stereocenters. The molecule has 352 valence electrons. The molecular weight excluding hydrogens is 851 g/mol. The number of nitrogens with zero attached hydrogens (tertiary/aromatic N) is 5. The van der Waals surface area contributed by atoms with Crippen LogP contribution in [0.5, 0.6) is 11.5 Å². The van der Waals surface area contributed by atoms with E-state index in [9.17, 15) is 24.3 Å². The standard InChI is InChI=1S/C26H29N3O4.C20H18N2O4.C7H14O/c1-4-28-13-23(26(31)29-16(2)14-32-15-17(29)3)24(30)22-11-21(12-27-25(22)28)33-20-9-18-7-5-6-8-19(18)10-20;1-2-22-11-17(20(24)25)18(23)16-9-15(10-21-19(16)22)26-14-7-12-5-3-4-6-13(12)8-14;1-6-3-7(2)5-8-4-6/h5-8,11-13,16-17,20H,4,9-10,14-15H2,1-3H3;3-6,9-11,14H,2,7-8H2,1H3,(H,24,25);6-7H,3-5H2,1-2H3/t16-,17+;;6-,7+. The Morgan fingerprint density at radius 1 is 0.642 bits per heavy atom. The van der Waals surface area contributed by atoms with E-state index in [-0.39, 0.29) is 52.1 Å². The van der Waals surface area contributed by atoms with E-state index >= 15 is 0 Å². The number of benzene rings is 2. The quantitative estimate of drug-likeness (QED) is 0.160. The number of ether oxygens (including phenoxy) is 4. The molecule has 2 aliphatic carbocycles. The second-order valence-electron chi connectivity index (χ2n) is 18.5. The molecule has 0 unspecified atom stereocenters. The number of morpholine rings is 1. The van der Waals surface area contributed by atoms with Crippen LogP contribution in [-0.2, 0) is 48.2 Å². The maximum absolute atomic E-state index is 13.5. The van der Waals surface area contributed by atoms with Crippen LogP contribution in [0.25, 0.3) is 22.1 Å². The van der Waals surface area contributed by atoms with Crippen LogP contribution < -0.4 is 20.3 Å². The zero-order chi connectivity index (χ0) is 47.4. The van der Waals surface area contributed by atoms with E-state index in [0.717, 1.165) is 50.7 Å². The number of amides is 1. The lowest BCUT2D eigenvalue weighted by Crippen LogP contribution is -2.53. The highest BCUT2D eigenvalue weighted by molar-refractivity contribution is 5.97. The smallest absolute Gasteiger partial charge is 0.341 e. The van der Waals surface area contributed by atoms with Gasteiger partial charge in [-0.2, -0.15) is 0 Å². The van der Waals surface area contributed by atoms with Crippen molar-refractivity contribution in [3.63, 3.8) is 0 Å². The highest BCUT2D eigenvalue weighted by Crippen LogP contribution is 2.29. The molecule has 1 N–H and O–H groups in total. The third kappa shape index (κ3) is 10.5. The molecule has 0 saturated carbocycles. The second-order valence-corrected chi connectivity index (χ2v) is 18.5. The van der Waals surface area contributed by atoms with Crippen molar-refractivity contribution in [1.82, 2.24) is 24.0 Å². The van der Waals surface area contributed by atoms with E-state index < -0.39 is 11.4 Å². The van der Waals surface area contributed by atoms with Gasteiger partial charge in [-0.05, 0) is 80.3 Å². The summed E-state index contributed by atoms with van der Waals surface area (Å²) in [4.78, 5) is 61.4.